The van der Waals surface area contributed by atoms with Crippen LogP contribution >= 0.6 is 0 Å². The van der Waals surface area contributed by atoms with Crippen LogP contribution in [0.1, 0.15) is 33.0 Å². The molecule has 0 fully saturated rings. The molecule has 0 unspecified atom stereocenters. The number of aromatic nitrogens is 3. The second-order valence-corrected chi connectivity index (χ2v) is 5.35. The summed E-state index contributed by atoms with van der Waals surface area (Å²) in [7, 11) is 0. The third-order valence-electron chi connectivity index (χ3n) is 4.02. The van der Waals surface area contributed by atoms with E-state index in [2.05, 4.69) is 28.3 Å². The van der Waals surface area contributed by atoms with Crippen molar-refractivity contribution >= 4 is 11.2 Å². The Kier molecular flexibility index (Phi) is 6.80. The molecule has 0 atom stereocenters. The van der Waals surface area contributed by atoms with Crippen molar-refractivity contribution in [2.45, 2.75) is 40.2 Å². The first kappa shape index (κ1) is 16.9. The van der Waals surface area contributed by atoms with Crippen LogP contribution in [0.4, 0.5) is 0 Å². The topological polar surface area (TPSA) is 43.2 Å². The summed E-state index contributed by atoms with van der Waals surface area (Å²) >= 11 is 0. The lowest BCUT2D eigenvalue weighted by Crippen LogP contribution is -2.24. The lowest BCUT2D eigenvalue weighted by atomic mass is 10.2. The molecule has 0 amide bonds. The van der Waals surface area contributed by atoms with Gasteiger partial charge in [-0.15, -0.1) is 0 Å². The molecule has 22 heavy (non-hydrogen) atoms. The first-order valence-corrected chi connectivity index (χ1v) is 8.40. The number of hydrogen-bond donors (Lipinski definition) is 0. The van der Waals surface area contributed by atoms with Crippen LogP contribution in [-0.4, -0.2) is 52.3 Å². The lowest BCUT2D eigenvalue weighted by Gasteiger charge is -2.17. The van der Waals surface area contributed by atoms with E-state index in [0.29, 0.717) is 6.61 Å². The van der Waals surface area contributed by atoms with Gasteiger partial charge >= 0.3 is 0 Å². The molecule has 0 radical (unpaired) electrons. The van der Waals surface area contributed by atoms with Crippen molar-refractivity contribution in [2.24, 2.45) is 0 Å². The third-order valence-corrected chi connectivity index (χ3v) is 4.02. The Morgan fingerprint density at radius 1 is 1.23 bits per heavy atom. The Balaban J connectivity index is 2.08. The van der Waals surface area contributed by atoms with Gasteiger partial charge < -0.3 is 14.2 Å². The molecule has 0 bridgehead atoms. The molecule has 0 saturated heterocycles. The molecular weight excluding hydrogens is 276 g/mol. The molecule has 0 aliphatic heterocycles. The average molecular weight is 304 g/mol. The highest BCUT2D eigenvalue weighted by Gasteiger charge is 2.11. The molecule has 0 aromatic carbocycles. The maximum atomic E-state index is 5.50. The molecule has 2 aromatic rings. The predicted octanol–water partition coefficient (Wildman–Crippen LogP) is 2.74. The molecule has 0 aliphatic rings. The number of fused-ring (bicyclic) bond motifs is 1. The molecule has 5 heteroatoms. The van der Waals surface area contributed by atoms with Gasteiger partial charge in [0.15, 0.2) is 5.65 Å². The normalized spacial score (nSPS) is 11.6. The summed E-state index contributed by atoms with van der Waals surface area (Å²) in [6, 6.07) is 3.98. The largest absolute Gasteiger partial charge is 0.380 e. The second kappa shape index (κ2) is 8.86. The van der Waals surface area contributed by atoms with Gasteiger partial charge in [-0.1, -0.05) is 13.8 Å². The monoisotopic (exact) mass is 304 g/mol. The Labute approximate surface area is 133 Å². The third kappa shape index (κ3) is 4.27. The second-order valence-electron chi connectivity index (χ2n) is 5.35. The van der Waals surface area contributed by atoms with Gasteiger partial charge in [0, 0.05) is 25.8 Å². The van der Waals surface area contributed by atoms with Gasteiger partial charge in [-0.3, -0.25) is 0 Å². The summed E-state index contributed by atoms with van der Waals surface area (Å²) in [4.78, 5) is 11.7. The van der Waals surface area contributed by atoms with Crippen LogP contribution < -0.4 is 0 Å². The van der Waals surface area contributed by atoms with E-state index < -0.39 is 0 Å². The standard InChI is InChI=1S/C17H28N4O/c1-4-20(5-2)12-8-10-16-19-15-9-7-11-18-17(15)21(16)13-14-22-6-3/h7,9,11H,4-6,8,10,12-14H2,1-3H3. The fourth-order valence-electron chi connectivity index (χ4n) is 2.73. The Morgan fingerprint density at radius 2 is 2.05 bits per heavy atom. The van der Waals surface area contributed by atoms with Crippen LogP contribution in [-0.2, 0) is 17.7 Å². The summed E-state index contributed by atoms with van der Waals surface area (Å²) < 4.78 is 7.72. The predicted molar refractivity (Wildman–Crippen MR) is 90.1 cm³/mol. The zero-order chi connectivity index (χ0) is 15.8. The summed E-state index contributed by atoms with van der Waals surface area (Å²) in [5.74, 6) is 1.13. The molecule has 5 nitrogen and oxygen atoms in total. The fourth-order valence-corrected chi connectivity index (χ4v) is 2.73. The van der Waals surface area contributed by atoms with Crippen molar-refractivity contribution in [1.29, 1.82) is 0 Å². The highest BCUT2D eigenvalue weighted by Crippen LogP contribution is 2.15. The number of imidazole rings is 1. The number of aryl methyl sites for hydroxylation is 1. The summed E-state index contributed by atoms with van der Waals surface area (Å²) in [6.45, 7) is 12.1. The zero-order valence-electron chi connectivity index (χ0n) is 14.1. The van der Waals surface area contributed by atoms with E-state index in [1.54, 1.807) is 0 Å². The number of pyridine rings is 1. The van der Waals surface area contributed by atoms with Gasteiger partial charge in [0.05, 0.1) is 6.61 Å². The smallest absolute Gasteiger partial charge is 0.160 e. The van der Waals surface area contributed by atoms with Gasteiger partial charge in [0.2, 0.25) is 0 Å². The van der Waals surface area contributed by atoms with E-state index in [0.717, 1.165) is 62.6 Å². The first-order chi connectivity index (χ1) is 10.8. The number of ether oxygens (including phenoxy) is 1. The van der Waals surface area contributed by atoms with Crippen molar-refractivity contribution < 1.29 is 4.74 Å². The van der Waals surface area contributed by atoms with Crippen molar-refractivity contribution in [3.63, 3.8) is 0 Å². The lowest BCUT2D eigenvalue weighted by molar-refractivity contribution is 0.139. The van der Waals surface area contributed by atoms with E-state index >= 15 is 0 Å². The molecule has 2 aromatic heterocycles. The SMILES string of the molecule is CCOCCn1c(CCCN(CC)CC)nc2cccnc21. The average Bonchev–Trinajstić information content (AvgIpc) is 2.90. The van der Waals surface area contributed by atoms with Gasteiger partial charge in [0.1, 0.15) is 11.3 Å². The van der Waals surface area contributed by atoms with Crippen LogP contribution in [0.15, 0.2) is 18.3 Å². The van der Waals surface area contributed by atoms with Gasteiger partial charge in [-0.05, 0) is 45.1 Å². The zero-order valence-corrected chi connectivity index (χ0v) is 14.1. The van der Waals surface area contributed by atoms with Crippen molar-refractivity contribution in [3.05, 3.63) is 24.2 Å². The van der Waals surface area contributed by atoms with Crippen LogP contribution in [0.5, 0.6) is 0 Å². The fraction of sp³-hybridized carbons (Fsp3) is 0.647. The first-order valence-electron chi connectivity index (χ1n) is 8.40. The van der Waals surface area contributed by atoms with Crippen molar-refractivity contribution in [3.8, 4) is 0 Å². The minimum Gasteiger partial charge on any atom is -0.380 e. The van der Waals surface area contributed by atoms with Gasteiger partial charge in [0.25, 0.3) is 0 Å². The van der Waals surface area contributed by atoms with E-state index in [1.807, 2.05) is 25.3 Å². The Hall–Kier alpha value is -1.46. The molecule has 122 valence electrons. The molecule has 2 heterocycles. The minimum atomic E-state index is 0.710. The molecular formula is C17H28N4O. The maximum Gasteiger partial charge on any atom is 0.160 e. The quantitative estimate of drug-likeness (QED) is 0.633. The highest BCUT2D eigenvalue weighted by atomic mass is 16.5. The number of hydrogen-bond acceptors (Lipinski definition) is 4. The molecule has 0 N–H and O–H groups in total. The van der Waals surface area contributed by atoms with Crippen LogP contribution in [0.25, 0.3) is 11.2 Å². The van der Waals surface area contributed by atoms with E-state index in [4.69, 9.17) is 9.72 Å². The van der Waals surface area contributed by atoms with Crippen LogP contribution in [0.2, 0.25) is 0 Å². The van der Waals surface area contributed by atoms with Crippen molar-refractivity contribution in [1.82, 2.24) is 19.4 Å². The summed E-state index contributed by atoms with van der Waals surface area (Å²) in [5.41, 5.74) is 1.96. The highest BCUT2D eigenvalue weighted by molar-refractivity contribution is 5.71. The summed E-state index contributed by atoms with van der Waals surface area (Å²) in [6.07, 6.45) is 3.94. The molecule has 0 aliphatic carbocycles. The van der Waals surface area contributed by atoms with Gasteiger partial charge in [-0.25, -0.2) is 9.97 Å². The Morgan fingerprint density at radius 3 is 2.77 bits per heavy atom. The molecule has 0 spiro atoms. The van der Waals surface area contributed by atoms with E-state index in [9.17, 15) is 0 Å². The number of nitrogens with zero attached hydrogens (tertiary/aromatic N) is 4. The van der Waals surface area contributed by atoms with E-state index in [-0.39, 0.29) is 0 Å². The Bertz CT molecular complexity index is 563. The maximum absolute atomic E-state index is 5.50. The van der Waals surface area contributed by atoms with Crippen LogP contribution in [0.3, 0.4) is 0 Å². The minimum absolute atomic E-state index is 0.710. The summed E-state index contributed by atoms with van der Waals surface area (Å²) in [5, 5.41) is 0. The molecule has 2 rings (SSSR count). The van der Waals surface area contributed by atoms with Gasteiger partial charge in [-0.2, -0.15) is 0 Å². The van der Waals surface area contributed by atoms with Crippen molar-refractivity contribution in [2.75, 3.05) is 32.8 Å². The number of rotatable bonds is 10. The molecule has 0 saturated carbocycles. The van der Waals surface area contributed by atoms with Crippen LogP contribution in [0, 0.1) is 0 Å². The van der Waals surface area contributed by atoms with E-state index in [1.165, 1.54) is 0 Å².